The summed E-state index contributed by atoms with van der Waals surface area (Å²) in [4.78, 5) is 0. The van der Waals surface area contributed by atoms with Crippen molar-refractivity contribution in [1.29, 1.82) is 0 Å². The molecule has 0 atom stereocenters. The summed E-state index contributed by atoms with van der Waals surface area (Å²) in [7, 11) is 0. The highest BCUT2D eigenvalue weighted by atomic mass is 16.7. The van der Waals surface area contributed by atoms with Gasteiger partial charge in [0, 0.05) is 0 Å². The molecular formula is C22H40O2. The zero-order valence-corrected chi connectivity index (χ0v) is 18.4. The Morgan fingerprint density at radius 1 is 0.542 bits per heavy atom. The van der Waals surface area contributed by atoms with Gasteiger partial charge in [0.1, 0.15) is 0 Å². The second-order valence-electron chi connectivity index (χ2n) is 8.52. The van der Waals surface area contributed by atoms with Gasteiger partial charge in [-0.05, 0) is 107 Å². The highest BCUT2D eigenvalue weighted by Gasteiger charge is 2.33. The predicted molar refractivity (Wildman–Crippen MR) is 106 cm³/mol. The molecule has 140 valence electrons. The standard InChI is InChI=1S/C22H40O2/c1-14(2)17(7)20(23-21(10,11)18(8)15(3)4)24-22(12,13)19(9)16(5)6/h20H,1-13H3. The monoisotopic (exact) mass is 336 g/mol. The molecule has 0 saturated carbocycles. The van der Waals surface area contributed by atoms with Crippen molar-refractivity contribution in [3.8, 4) is 0 Å². The van der Waals surface area contributed by atoms with Gasteiger partial charge < -0.3 is 9.47 Å². The Kier molecular flexibility index (Phi) is 8.18. The van der Waals surface area contributed by atoms with Crippen LogP contribution in [0.25, 0.3) is 0 Å². The third kappa shape index (κ3) is 6.22. The van der Waals surface area contributed by atoms with Crippen LogP contribution in [0.15, 0.2) is 33.4 Å². The number of hydrogen-bond acceptors (Lipinski definition) is 2. The lowest BCUT2D eigenvalue weighted by Gasteiger charge is -2.38. The van der Waals surface area contributed by atoms with Crippen molar-refractivity contribution in [2.75, 3.05) is 0 Å². The molecule has 0 aliphatic heterocycles. The SMILES string of the molecule is CC(C)=C(C)C(OC(C)(C)C(C)=C(C)C)OC(C)(C)C(C)=C(C)C. The fraction of sp³-hybridized carbons (Fsp3) is 0.727. The van der Waals surface area contributed by atoms with E-state index in [1.54, 1.807) is 0 Å². The van der Waals surface area contributed by atoms with Crippen LogP contribution in [-0.4, -0.2) is 17.5 Å². The van der Waals surface area contributed by atoms with Gasteiger partial charge in [0.15, 0.2) is 6.29 Å². The van der Waals surface area contributed by atoms with Crippen molar-refractivity contribution < 1.29 is 9.47 Å². The van der Waals surface area contributed by atoms with Gasteiger partial charge in [-0.15, -0.1) is 0 Å². The number of rotatable bonds is 7. The molecule has 0 bridgehead atoms. The molecule has 0 aliphatic carbocycles. The normalized spacial score (nSPS) is 12.2. The molecule has 0 aromatic heterocycles. The predicted octanol–water partition coefficient (Wildman–Crippen LogP) is 6.97. The molecule has 0 rings (SSSR count). The molecule has 0 radical (unpaired) electrons. The van der Waals surface area contributed by atoms with Crippen molar-refractivity contribution in [2.45, 2.75) is 108 Å². The molecule has 0 saturated heterocycles. The van der Waals surface area contributed by atoms with Crippen molar-refractivity contribution in [1.82, 2.24) is 0 Å². The van der Waals surface area contributed by atoms with E-state index < -0.39 is 0 Å². The van der Waals surface area contributed by atoms with Gasteiger partial charge in [-0.1, -0.05) is 16.7 Å². The highest BCUT2D eigenvalue weighted by molar-refractivity contribution is 5.21. The summed E-state index contributed by atoms with van der Waals surface area (Å²) in [6.07, 6.45) is -0.372. The van der Waals surface area contributed by atoms with Gasteiger partial charge in [-0.2, -0.15) is 0 Å². The average molecular weight is 337 g/mol. The van der Waals surface area contributed by atoms with Crippen molar-refractivity contribution in [3.05, 3.63) is 33.4 Å². The van der Waals surface area contributed by atoms with Crippen molar-refractivity contribution in [2.24, 2.45) is 0 Å². The lowest BCUT2D eigenvalue weighted by Crippen LogP contribution is -2.40. The fourth-order valence-electron chi connectivity index (χ4n) is 2.35. The molecule has 0 fully saturated rings. The molecule has 0 spiro atoms. The minimum atomic E-state index is -0.380. The molecule has 24 heavy (non-hydrogen) atoms. The summed E-state index contributed by atoms with van der Waals surface area (Å²) in [6, 6.07) is 0. The van der Waals surface area contributed by atoms with E-state index in [9.17, 15) is 0 Å². The molecule has 0 unspecified atom stereocenters. The Morgan fingerprint density at radius 3 is 1.04 bits per heavy atom. The van der Waals surface area contributed by atoms with Crippen LogP contribution in [0.1, 0.15) is 90.0 Å². The third-order valence-corrected chi connectivity index (χ3v) is 5.25. The van der Waals surface area contributed by atoms with Gasteiger partial charge in [0.25, 0.3) is 0 Å². The van der Waals surface area contributed by atoms with Crippen LogP contribution < -0.4 is 0 Å². The van der Waals surface area contributed by atoms with E-state index in [2.05, 4.69) is 90.0 Å². The van der Waals surface area contributed by atoms with E-state index >= 15 is 0 Å². The number of ether oxygens (including phenoxy) is 2. The Balaban J connectivity index is 5.81. The van der Waals surface area contributed by atoms with Crippen molar-refractivity contribution >= 4 is 0 Å². The zero-order valence-electron chi connectivity index (χ0n) is 18.4. The number of hydrogen-bond donors (Lipinski definition) is 0. The van der Waals surface area contributed by atoms with Crippen molar-refractivity contribution in [3.63, 3.8) is 0 Å². The van der Waals surface area contributed by atoms with E-state index in [4.69, 9.17) is 9.47 Å². The van der Waals surface area contributed by atoms with Crippen LogP contribution in [0.2, 0.25) is 0 Å². The summed E-state index contributed by atoms with van der Waals surface area (Å²) in [6.45, 7) is 27.6. The van der Waals surface area contributed by atoms with Gasteiger partial charge in [-0.25, -0.2) is 0 Å². The van der Waals surface area contributed by atoms with Crippen LogP contribution in [0.4, 0.5) is 0 Å². The van der Waals surface area contributed by atoms with Crippen LogP contribution in [0, 0.1) is 0 Å². The molecule has 0 aromatic rings. The summed E-state index contributed by atoms with van der Waals surface area (Å²) < 4.78 is 13.0. The number of allylic oxidation sites excluding steroid dienone is 3. The Bertz CT molecular complexity index is 492. The van der Waals surface area contributed by atoms with Gasteiger partial charge in [0.05, 0.1) is 11.2 Å². The molecule has 0 amide bonds. The van der Waals surface area contributed by atoms with E-state index in [1.165, 1.54) is 27.9 Å². The van der Waals surface area contributed by atoms with E-state index in [0.29, 0.717) is 0 Å². The zero-order chi connectivity index (χ0) is 19.5. The Morgan fingerprint density at radius 2 is 0.833 bits per heavy atom. The minimum Gasteiger partial charge on any atom is -0.338 e. The lowest BCUT2D eigenvalue weighted by atomic mass is 9.94. The first-order valence-corrected chi connectivity index (χ1v) is 8.92. The minimum absolute atomic E-state index is 0.372. The lowest BCUT2D eigenvalue weighted by molar-refractivity contribution is -0.206. The molecular weight excluding hydrogens is 296 g/mol. The average Bonchev–Trinajstić information content (AvgIpc) is 2.42. The molecule has 0 heterocycles. The van der Waals surface area contributed by atoms with E-state index in [0.717, 1.165) is 5.57 Å². The second-order valence-corrected chi connectivity index (χ2v) is 8.52. The molecule has 2 nitrogen and oxygen atoms in total. The largest absolute Gasteiger partial charge is 0.338 e. The van der Waals surface area contributed by atoms with E-state index in [-0.39, 0.29) is 17.5 Å². The highest BCUT2D eigenvalue weighted by Crippen LogP contribution is 2.33. The molecule has 0 aliphatic rings. The van der Waals surface area contributed by atoms with E-state index in [1.807, 2.05) is 0 Å². The van der Waals surface area contributed by atoms with Gasteiger partial charge in [0.2, 0.25) is 0 Å². The second kappa shape index (κ2) is 8.49. The Labute approximate surface area is 151 Å². The quantitative estimate of drug-likeness (QED) is 0.369. The molecule has 0 N–H and O–H groups in total. The summed E-state index contributed by atoms with van der Waals surface area (Å²) >= 11 is 0. The first-order chi connectivity index (χ1) is 10.6. The van der Waals surface area contributed by atoms with Crippen LogP contribution >= 0.6 is 0 Å². The summed E-state index contributed by atoms with van der Waals surface area (Å²) in [5.74, 6) is 0. The van der Waals surface area contributed by atoms with Gasteiger partial charge >= 0.3 is 0 Å². The van der Waals surface area contributed by atoms with Crippen LogP contribution in [-0.2, 0) is 9.47 Å². The maximum absolute atomic E-state index is 6.49. The fourth-order valence-corrected chi connectivity index (χ4v) is 2.35. The topological polar surface area (TPSA) is 18.5 Å². The third-order valence-electron chi connectivity index (χ3n) is 5.25. The summed E-state index contributed by atoms with van der Waals surface area (Å²) in [5, 5.41) is 0. The maximum atomic E-state index is 6.49. The first-order valence-electron chi connectivity index (χ1n) is 8.92. The first kappa shape index (κ1) is 23.1. The summed E-state index contributed by atoms with van der Waals surface area (Å²) in [5.41, 5.74) is 6.67. The Hall–Kier alpha value is -0.860. The maximum Gasteiger partial charge on any atom is 0.181 e. The van der Waals surface area contributed by atoms with Crippen LogP contribution in [0.3, 0.4) is 0 Å². The van der Waals surface area contributed by atoms with Crippen LogP contribution in [0.5, 0.6) is 0 Å². The molecule has 2 heteroatoms. The smallest absolute Gasteiger partial charge is 0.181 e. The van der Waals surface area contributed by atoms with Gasteiger partial charge in [-0.3, -0.25) is 0 Å². The molecule has 0 aromatic carbocycles.